The molecule has 1 saturated heterocycles. The number of aryl methyl sites for hydroxylation is 1. The van der Waals surface area contributed by atoms with Crippen molar-refractivity contribution in [1.82, 2.24) is 26.1 Å². The van der Waals surface area contributed by atoms with Crippen molar-refractivity contribution >= 4 is 22.7 Å². The van der Waals surface area contributed by atoms with Crippen LogP contribution in [-0.4, -0.2) is 52.2 Å². The van der Waals surface area contributed by atoms with Crippen molar-refractivity contribution in [3.63, 3.8) is 0 Å². The molecule has 1 aromatic carbocycles. The Bertz CT molecular complexity index is 1160. The van der Waals surface area contributed by atoms with E-state index >= 15 is 0 Å². The summed E-state index contributed by atoms with van der Waals surface area (Å²) in [6.45, 7) is 3.79. The first-order valence-corrected chi connectivity index (χ1v) is 11.4. The SMILES string of the molecule is Cc1cc(CCOc2ccc(C(=O)NC3(CC(=O)NO)CCNCC3)nc2)c2ccccc2n1. The van der Waals surface area contributed by atoms with Crippen LogP contribution >= 0.6 is 0 Å². The number of carbonyl (C=O) groups excluding carboxylic acids is 2. The first kappa shape index (κ1) is 23.6. The fourth-order valence-corrected chi connectivity index (χ4v) is 4.38. The number of benzene rings is 1. The molecule has 0 atom stereocenters. The van der Waals surface area contributed by atoms with Crippen LogP contribution in [0.5, 0.6) is 5.75 Å². The molecule has 1 aliphatic heterocycles. The third-order valence-corrected chi connectivity index (χ3v) is 6.10. The van der Waals surface area contributed by atoms with Gasteiger partial charge in [0, 0.05) is 17.5 Å². The number of ether oxygens (including phenoxy) is 1. The molecule has 4 N–H and O–H groups in total. The van der Waals surface area contributed by atoms with Gasteiger partial charge in [-0.05, 0) is 62.7 Å². The highest BCUT2D eigenvalue weighted by molar-refractivity contribution is 5.93. The Hall–Kier alpha value is -3.56. The van der Waals surface area contributed by atoms with Crippen molar-refractivity contribution in [1.29, 1.82) is 0 Å². The van der Waals surface area contributed by atoms with E-state index in [1.165, 1.54) is 11.8 Å². The van der Waals surface area contributed by atoms with Gasteiger partial charge in [-0.3, -0.25) is 19.8 Å². The van der Waals surface area contributed by atoms with Gasteiger partial charge in [0.25, 0.3) is 5.91 Å². The zero-order chi connectivity index (χ0) is 24.0. The molecular weight excluding hydrogens is 434 g/mol. The lowest BCUT2D eigenvalue weighted by atomic mass is 9.84. The Morgan fingerprint density at radius 3 is 2.71 bits per heavy atom. The molecule has 2 aromatic heterocycles. The van der Waals surface area contributed by atoms with Crippen LogP contribution in [0.3, 0.4) is 0 Å². The number of fused-ring (bicyclic) bond motifs is 1. The number of nitrogens with zero attached hydrogens (tertiary/aromatic N) is 2. The summed E-state index contributed by atoms with van der Waals surface area (Å²) in [6.07, 6.45) is 3.41. The Balaban J connectivity index is 1.36. The first-order valence-electron chi connectivity index (χ1n) is 11.4. The molecule has 2 amide bonds. The van der Waals surface area contributed by atoms with Gasteiger partial charge in [-0.2, -0.15) is 0 Å². The largest absolute Gasteiger partial charge is 0.492 e. The summed E-state index contributed by atoms with van der Waals surface area (Å²) in [7, 11) is 0. The van der Waals surface area contributed by atoms with E-state index in [0.29, 0.717) is 38.3 Å². The van der Waals surface area contributed by atoms with Crippen LogP contribution in [0, 0.1) is 6.92 Å². The molecule has 3 aromatic rings. The molecule has 4 rings (SSSR count). The minimum absolute atomic E-state index is 0.00127. The minimum atomic E-state index is -0.725. The molecule has 0 aliphatic carbocycles. The van der Waals surface area contributed by atoms with Gasteiger partial charge in [-0.15, -0.1) is 0 Å². The van der Waals surface area contributed by atoms with Crippen LogP contribution in [0.1, 0.15) is 41.0 Å². The van der Waals surface area contributed by atoms with Gasteiger partial charge in [-0.25, -0.2) is 10.5 Å². The summed E-state index contributed by atoms with van der Waals surface area (Å²) in [5, 5.41) is 16.2. The summed E-state index contributed by atoms with van der Waals surface area (Å²) >= 11 is 0. The van der Waals surface area contributed by atoms with Crippen molar-refractivity contribution < 1.29 is 19.5 Å². The van der Waals surface area contributed by atoms with Gasteiger partial charge in [0.05, 0.1) is 30.3 Å². The molecule has 9 heteroatoms. The Morgan fingerprint density at radius 2 is 1.97 bits per heavy atom. The summed E-state index contributed by atoms with van der Waals surface area (Å²) in [4.78, 5) is 33.4. The van der Waals surface area contributed by atoms with Crippen LogP contribution in [0.4, 0.5) is 0 Å². The molecule has 0 bridgehead atoms. The summed E-state index contributed by atoms with van der Waals surface area (Å²) in [5.74, 6) is -0.322. The second-order valence-electron chi connectivity index (χ2n) is 8.61. The molecule has 1 fully saturated rings. The maximum atomic E-state index is 12.8. The number of piperidine rings is 1. The third-order valence-electron chi connectivity index (χ3n) is 6.10. The standard InChI is InChI=1S/C25H29N5O4/c1-17-14-18(20-4-2-3-5-21(20)28-17)8-13-34-19-6-7-22(27-16-19)24(32)29-25(15-23(31)30-33)9-11-26-12-10-25/h2-7,14,16,26,33H,8-13,15H2,1H3,(H,29,32)(H,30,31). The van der Waals surface area contributed by atoms with Gasteiger partial charge in [0.2, 0.25) is 5.91 Å². The van der Waals surface area contributed by atoms with Crippen LogP contribution < -0.4 is 20.9 Å². The average Bonchev–Trinajstić information content (AvgIpc) is 2.84. The third kappa shape index (κ3) is 5.67. The molecule has 34 heavy (non-hydrogen) atoms. The number of rotatable bonds is 8. The average molecular weight is 464 g/mol. The lowest BCUT2D eigenvalue weighted by Crippen LogP contribution is -2.56. The maximum Gasteiger partial charge on any atom is 0.270 e. The number of aromatic nitrogens is 2. The molecule has 0 unspecified atom stereocenters. The molecule has 3 heterocycles. The highest BCUT2D eigenvalue weighted by Gasteiger charge is 2.36. The number of para-hydroxylation sites is 1. The van der Waals surface area contributed by atoms with Crippen molar-refractivity contribution in [2.75, 3.05) is 19.7 Å². The molecule has 0 radical (unpaired) electrons. The predicted molar refractivity (Wildman–Crippen MR) is 127 cm³/mol. The Kier molecular flexibility index (Phi) is 7.34. The highest BCUT2D eigenvalue weighted by Crippen LogP contribution is 2.24. The van der Waals surface area contributed by atoms with Gasteiger partial charge < -0.3 is 15.4 Å². The lowest BCUT2D eigenvalue weighted by Gasteiger charge is -2.37. The number of hydrogen-bond acceptors (Lipinski definition) is 7. The molecule has 9 nitrogen and oxygen atoms in total. The van der Waals surface area contributed by atoms with E-state index in [0.717, 1.165) is 23.0 Å². The van der Waals surface area contributed by atoms with E-state index in [2.05, 4.69) is 32.7 Å². The molecule has 0 spiro atoms. The fourth-order valence-electron chi connectivity index (χ4n) is 4.38. The minimum Gasteiger partial charge on any atom is -0.492 e. The zero-order valence-corrected chi connectivity index (χ0v) is 19.1. The number of hydroxylamine groups is 1. The maximum absolute atomic E-state index is 12.8. The number of pyridine rings is 2. The van der Waals surface area contributed by atoms with E-state index < -0.39 is 11.4 Å². The second kappa shape index (κ2) is 10.6. The fraction of sp³-hybridized carbons (Fsp3) is 0.360. The quantitative estimate of drug-likeness (QED) is 0.298. The molecule has 178 valence electrons. The Labute approximate surface area is 197 Å². The number of carbonyl (C=O) groups is 2. The van der Waals surface area contributed by atoms with Crippen LogP contribution in [0.25, 0.3) is 10.9 Å². The number of hydrogen-bond donors (Lipinski definition) is 4. The van der Waals surface area contributed by atoms with Crippen molar-refractivity contribution in [3.05, 3.63) is 65.6 Å². The van der Waals surface area contributed by atoms with Crippen molar-refractivity contribution in [3.8, 4) is 5.75 Å². The van der Waals surface area contributed by atoms with Crippen LogP contribution in [-0.2, 0) is 11.2 Å². The predicted octanol–water partition coefficient (Wildman–Crippen LogP) is 2.31. The van der Waals surface area contributed by atoms with E-state index in [1.54, 1.807) is 17.6 Å². The van der Waals surface area contributed by atoms with Gasteiger partial charge in [-0.1, -0.05) is 18.2 Å². The van der Waals surface area contributed by atoms with Crippen LogP contribution in [0.2, 0.25) is 0 Å². The van der Waals surface area contributed by atoms with E-state index in [9.17, 15) is 9.59 Å². The number of amides is 2. The van der Waals surface area contributed by atoms with Gasteiger partial charge in [0.1, 0.15) is 11.4 Å². The van der Waals surface area contributed by atoms with Gasteiger partial charge >= 0.3 is 0 Å². The van der Waals surface area contributed by atoms with Crippen molar-refractivity contribution in [2.24, 2.45) is 0 Å². The normalized spacial score (nSPS) is 15.0. The number of nitrogens with one attached hydrogen (secondary N) is 3. The monoisotopic (exact) mass is 463 g/mol. The van der Waals surface area contributed by atoms with Crippen LogP contribution in [0.15, 0.2) is 48.7 Å². The van der Waals surface area contributed by atoms with E-state index in [-0.39, 0.29) is 18.0 Å². The summed E-state index contributed by atoms with van der Waals surface area (Å²) in [5.41, 5.74) is 4.28. The highest BCUT2D eigenvalue weighted by atomic mass is 16.5. The topological polar surface area (TPSA) is 125 Å². The lowest BCUT2D eigenvalue weighted by molar-refractivity contribution is -0.130. The van der Waals surface area contributed by atoms with Crippen molar-refractivity contribution in [2.45, 2.75) is 38.1 Å². The first-order chi connectivity index (χ1) is 16.5. The Morgan fingerprint density at radius 1 is 1.18 bits per heavy atom. The zero-order valence-electron chi connectivity index (χ0n) is 19.1. The smallest absolute Gasteiger partial charge is 0.270 e. The molecule has 0 saturated carbocycles. The van der Waals surface area contributed by atoms with Gasteiger partial charge in [0.15, 0.2) is 0 Å². The van der Waals surface area contributed by atoms with E-state index in [4.69, 9.17) is 9.94 Å². The summed E-state index contributed by atoms with van der Waals surface area (Å²) in [6, 6.07) is 13.4. The summed E-state index contributed by atoms with van der Waals surface area (Å²) < 4.78 is 5.87. The molecule has 1 aliphatic rings. The molecular formula is C25H29N5O4. The van der Waals surface area contributed by atoms with E-state index in [1.807, 2.05) is 25.1 Å². The second-order valence-corrected chi connectivity index (χ2v) is 8.61.